The second kappa shape index (κ2) is 12.0. The third-order valence-corrected chi connectivity index (χ3v) is 13.6. The van der Waals surface area contributed by atoms with Gasteiger partial charge >= 0.3 is 11.9 Å². The molecule has 5 rings (SSSR count). The van der Waals surface area contributed by atoms with Crippen LogP contribution in [0.5, 0.6) is 0 Å². The minimum absolute atomic E-state index is 0.0336. The lowest BCUT2D eigenvalue weighted by Crippen LogP contribution is -2.60. The Balaban J connectivity index is 1.30. The first-order valence-corrected chi connectivity index (χ1v) is 17.8. The van der Waals surface area contributed by atoms with Crippen LogP contribution in [-0.2, 0) is 28.7 Å². The first-order valence-electron chi connectivity index (χ1n) is 17.8. The fourth-order valence-electron chi connectivity index (χ4n) is 11.4. The second-order valence-electron chi connectivity index (χ2n) is 16.9. The highest BCUT2D eigenvalue weighted by Gasteiger charge is 2.65. The van der Waals surface area contributed by atoms with Gasteiger partial charge in [-0.1, -0.05) is 48.0 Å². The van der Waals surface area contributed by atoms with E-state index in [0.717, 1.165) is 76.1 Å². The van der Waals surface area contributed by atoms with E-state index < -0.39 is 10.8 Å². The monoisotopic (exact) mass is 610 g/mol. The van der Waals surface area contributed by atoms with E-state index >= 15 is 0 Å². The summed E-state index contributed by atoms with van der Waals surface area (Å²) in [6, 6.07) is 0. The van der Waals surface area contributed by atoms with Crippen LogP contribution in [0.1, 0.15) is 132 Å². The minimum Gasteiger partial charge on any atom is -0.465 e. The van der Waals surface area contributed by atoms with Gasteiger partial charge in [0.15, 0.2) is 5.78 Å². The molecule has 0 saturated heterocycles. The maximum atomic E-state index is 13.3. The topological polar surface area (TPSA) is 86.7 Å². The van der Waals surface area contributed by atoms with Crippen molar-refractivity contribution in [3.8, 4) is 0 Å². The van der Waals surface area contributed by atoms with Crippen LogP contribution in [0.4, 0.5) is 0 Å². The Kier molecular flexibility index (Phi) is 9.10. The standard InChI is InChI=1S/C38H58O6/c1-9-10-19-43-34(42)35(5,6)21-31(41)44-29-15-17-36(7)26(24(29)4)13-16-37(8)27-14-18-38(22-39)20-28(40)32(23(2)3)33(38)25(27)11-12-30(36)37/h22-27,29-30H,9-21H2,1-8H3. The molecule has 0 bridgehead atoms. The van der Waals surface area contributed by atoms with Crippen LogP contribution in [0.15, 0.2) is 11.1 Å². The van der Waals surface area contributed by atoms with Gasteiger partial charge in [-0.2, -0.15) is 0 Å². The number of hydrogen-bond donors (Lipinski definition) is 0. The zero-order valence-corrected chi connectivity index (χ0v) is 28.8. The van der Waals surface area contributed by atoms with E-state index in [1.165, 1.54) is 5.57 Å². The van der Waals surface area contributed by atoms with E-state index in [0.29, 0.717) is 36.7 Å². The predicted octanol–water partition coefficient (Wildman–Crippen LogP) is 8.06. The van der Waals surface area contributed by atoms with Crippen molar-refractivity contribution in [2.45, 2.75) is 139 Å². The van der Waals surface area contributed by atoms with Crippen molar-refractivity contribution < 1.29 is 28.7 Å². The van der Waals surface area contributed by atoms with Crippen LogP contribution < -0.4 is 0 Å². The van der Waals surface area contributed by atoms with Gasteiger partial charge < -0.3 is 14.3 Å². The predicted molar refractivity (Wildman–Crippen MR) is 170 cm³/mol. The second-order valence-corrected chi connectivity index (χ2v) is 16.9. The largest absolute Gasteiger partial charge is 0.465 e. The molecule has 6 heteroatoms. The van der Waals surface area contributed by atoms with Crippen LogP contribution >= 0.6 is 0 Å². The van der Waals surface area contributed by atoms with Gasteiger partial charge in [0.2, 0.25) is 0 Å². The lowest BCUT2D eigenvalue weighted by Gasteiger charge is -2.67. The van der Waals surface area contributed by atoms with Crippen molar-refractivity contribution in [1.29, 1.82) is 0 Å². The number of fused-ring (bicyclic) bond motifs is 7. The van der Waals surface area contributed by atoms with Crippen LogP contribution in [-0.4, -0.2) is 36.7 Å². The van der Waals surface area contributed by atoms with Crippen molar-refractivity contribution >= 4 is 24.0 Å². The summed E-state index contributed by atoms with van der Waals surface area (Å²) in [5, 5.41) is 0. The van der Waals surface area contributed by atoms with Crippen LogP contribution in [0.2, 0.25) is 0 Å². The molecule has 0 aromatic rings. The zero-order chi connectivity index (χ0) is 32.2. The fourth-order valence-corrected chi connectivity index (χ4v) is 11.4. The summed E-state index contributed by atoms with van der Waals surface area (Å²) in [6.45, 7) is 17.6. The molecule has 0 N–H and O–H groups in total. The van der Waals surface area contributed by atoms with Gasteiger partial charge in [-0.15, -0.1) is 0 Å². The Morgan fingerprint density at radius 1 is 1.00 bits per heavy atom. The normalized spacial score (nSPS) is 40.1. The average molecular weight is 611 g/mol. The lowest BCUT2D eigenvalue weighted by molar-refractivity contribution is -0.192. The number of unbranched alkanes of at least 4 members (excludes halogenated alkanes) is 1. The van der Waals surface area contributed by atoms with E-state index in [2.05, 4.69) is 41.5 Å². The summed E-state index contributed by atoms with van der Waals surface area (Å²) in [4.78, 5) is 51.6. The van der Waals surface area contributed by atoms with Crippen LogP contribution in [0.25, 0.3) is 0 Å². The highest BCUT2D eigenvalue weighted by Crippen LogP contribution is 2.71. The van der Waals surface area contributed by atoms with Gasteiger partial charge in [-0.05, 0) is 129 Å². The minimum atomic E-state index is -0.904. The summed E-state index contributed by atoms with van der Waals surface area (Å²) in [6.07, 6.45) is 11.4. The molecule has 4 saturated carbocycles. The Morgan fingerprint density at radius 2 is 1.66 bits per heavy atom. The SMILES string of the molecule is CCCCOC(=O)C(C)(C)CC(=O)OC1CCC2(C)C(CCC3(C)C4CCC5(C=O)CC(=O)C(C(C)C)=C5C4CCC32)C1C. The molecule has 0 heterocycles. The summed E-state index contributed by atoms with van der Waals surface area (Å²) >= 11 is 0. The van der Waals surface area contributed by atoms with Crippen molar-refractivity contribution in [3.63, 3.8) is 0 Å². The molecule has 5 aliphatic rings. The number of allylic oxidation sites excluding steroid dienone is 2. The number of ether oxygens (including phenoxy) is 2. The number of rotatable bonds is 9. The highest BCUT2D eigenvalue weighted by molar-refractivity contribution is 6.03. The number of ketones is 1. The highest BCUT2D eigenvalue weighted by atomic mass is 16.5. The smallest absolute Gasteiger partial charge is 0.312 e. The molecule has 0 aromatic heterocycles. The van der Waals surface area contributed by atoms with Crippen LogP contribution in [0, 0.1) is 57.2 Å². The Labute approximate surface area is 265 Å². The maximum absolute atomic E-state index is 13.3. The average Bonchev–Trinajstić information content (AvgIpc) is 3.27. The van der Waals surface area contributed by atoms with Gasteiger partial charge in [-0.3, -0.25) is 14.4 Å². The number of Topliss-reactive ketones (excluding diaryl/α,β-unsaturated/α-hetero) is 1. The van der Waals surface area contributed by atoms with Gasteiger partial charge in [-0.25, -0.2) is 0 Å². The molecule has 6 nitrogen and oxygen atoms in total. The first-order chi connectivity index (χ1) is 20.6. The zero-order valence-electron chi connectivity index (χ0n) is 28.8. The summed E-state index contributed by atoms with van der Waals surface area (Å²) < 4.78 is 11.6. The van der Waals surface area contributed by atoms with Gasteiger partial charge in [0.05, 0.1) is 23.9 Å². The quantitative estimate of drug-likeness (QED) is 0.149. The lowest BCUT2D eigenvalue weighted by atomic mass is 9.38. The van der Waals surface area contributed by atoms with E-state index in [1.807, 2.05) is 0 Å². The van der Waals surface area contributed by atoms with E-state index in [-0.39, 0.29) is 52.9 Å². The molecule has 9 atom stereocenters. The summed E-state index contributed by atoms with van der Waals surface area (Å²) in [5.41, 5.74) is 1.09. The van der Waals surface area contributed by atoms with Gasteiger partial charge in [0.1, 0.15) is 12.4 Å². The molecule has 0 radical (unpaired) electrons. The number of carbonyl (C=O) groups is 4. The number of aldehydes is 1. The molecule has 0 aliphatic heterocycles. The first kappa shape index (κ1) is 33.4. The molecule has 44 heavy (non-hydrogen) atoms. The molecule has 0 amide bonds. The number of esters is 2. The third kappa shape index (κ3) is 5.32. The number of carbonyl (C=O) groups excluding carboxylic acids is 4. The van der Waals surface area contributed by atoms with Gasteiger partial charge in [0.25, 0.3) is 0 Å². The van der Waals surface area contributed by atoms with Crippen molar-refractivity contribution in [2.75, 3.05) is 6.61 Å². The Bertz CT molecular complexity index is 1200. The van der Waals surface area contributed by atoms with E-state index in [1.54, 1.807) is 13.8 Å². The Hall–Kier alpha value is -1.98. The molecule has 0 spiro atoms. The van der Waals surface area contributed by atoms with E-state index in [9.17, 15) is 19.2 Å². The molecule has 9 unspecified atom stereocenters. The van der Waals surface area contributed by atoms with E-state index in [4.69, 9.17) is 9.47 Å². The molecule has 5 aliphatic carbocycles. The maximum Gasteiger partial charge on any atom is 0.312 e. The molecule has 4 fully saturated rings. The fraction of sp³-hybridized carbons (Fsp3) is 0.842. The summed E-state index contributed by atoms with van der Waals surface area (Å²) in [7, 11) is 0. The third-order valence-electron chi connectivity index (χ3n) is 13.6. The molecular formula is C38H58O6. The van der Waals surface area contributed by atoms with Gasteiger partial charge in [0, 0.05) is 6.42 Å². The number of hydrogen-bond acceptors (Lipinski definition) is 6. The van der Waals surface area contributed by atoms with Crippen molar-refractivity contribution in [2.24, 2.45) is 57.2 Å². The molecular weight excluding hydrogens is 552 g/mol. The van der Waals surface area contributed by atoms with Crippen LogP contribution in [0.3, 0.4) is 0 Å². The van der Waals surface area contributed by atoms with Crippen molar-refractivity contribution in [1.82, 2.24) is 0 Å². The Morgan fingerprint density at radius 3 is 2.32 bits per heavy atom. The molecule has 246 valence electrons. The molecule has 0 aromatic carbocycles. The summed E-state index contributed by atoms with van der Waals surface area (Å²) in [5.74, 6) is 1.90. The van der Waals surface area contributed by atoms with Crippen molar-refractivity contribution in [3.05, 3.63) is 11.1 Å².